The number of nitrogens with one attached hydrogen (secondary N) is 1. The summed E-state index contributed by atoms with van der Waals surface area (Å²) in [5, 5.41) is 3.17. The second-order valence-electron chi connectivity index (χ2n) is 4.59. The second-order valence-corrected chi connectivity index (χ2v) is 4.59. The van der Waals surface area contributed by atoms with Crippen molar-refractivity contribution in [1.29, 1.82) is 0 Å². The molecule has 20 heavy (non-hydrogen) atoms. The van der Waals surface area contributed by atoms with Crippen LogP contribution >= 0.6 is 0 Å². The van der Waals surface area contributed by atoms with Gasteiger partial charge in [-0.1, -0.05) is 36.4 Å². The summed E-state index contributed by atoms with van der Waals surface area (Å²) in [5.74, 6) is 1.64. The normalized spacial score (nSPS) is 11.9. The maximum atomic E-state index is 6.13. The van der Waals surface area contributed by atoms with E-state index in [4.69, 9.17) is 9.47 Å². The van der Waals surface area contributed by atoms with Gasteiger partial charge in [0.1, 0.15) is 17.6 Å². The summed E-state index contributed by atoms with van der Waals surface area (Å²) in [6.07, 6.45) is 0.952. The van der Waals surface area contributed by atoms with Crippen LogP contribution in [0.15, 0.2) is 54.6 Å². The summed E-state index contributed by atoms with van der Waals surface area (Å²) in [7, 11) is 3.61. The summed E-state index contributed by atoms with van der Waals surface area (Å²) >= 11 is 0. The van der Waals surface area contributed by atoms with Gasteiger partial charge < -0.3 is 14.8 Å². The van der Waals surface area contributed by atoms with Gasteiger partial charge in [0.2, 0.25) is 0 Å². The fourth-order valence-electron chi connectivity index (χ4n) is 2.08. The smallest absolute Gasteiger partial charge is 0.125 e. The third-order valence-electron chi connectivity index (χ3n) is 3.15. The van der Waals surface area contributed by atoms with Crippen molar-refractivity contribution >= 4 is 0 Å². The first-order valence-electron chi connectivity index (χ1n) is 6.83. The minimum atomic E-state index is 0.0377. The van der Waals surface area contributed by atoms with Crippen molar-refractivity contribution in [2.75, 3.05) is 20.7 Å². The minimum absolute atomic E-state index is 0.0377. The molecule has 0 heterocycles. The van der Waals surface area contributed by atoms with Gasteiger partial charge >= 0.3 is 0 Å². The molecular weight excluding hydrogens is 250 g/mol. The van der Waals surface area contributed by atoms with Crippen LogP contribution in [0.5, 0.6) is 11.5 Å². The maximum Gasteiger partial charge on any atom is 0.125 e. The lowest BCUT2D eigenvalue weighted by molar-refractivity contribution is 0.194. The molecule has 0 amide bonds. The Morgan fingerprint density at radius 1 is 1.00 bits per heavy atom. The topological polar surface area (TPSA) is 30.5 Å². The molecule has 0 radical (unpaired) electrons. The summed E-state index contributed by atoms with van der Waals surface area (Å²) in [6, 6.07) is 18.0. The van der Waals surface area contributed by atoms with Crippen LogP contribution in [-0.4, -0.2) is 20.7 Å². The third kappa shape index (κ3) is 4.00. The molecule has 0 saturated heterocycles. The van der Waals surface area contributed by atoms with Gasteiger partial charge in [-0.2, -0.15) is 0 Å². The highest BCUT2D eigenvalue weighted by molar-refractivity contribution is 5.33. The van der Waals surface area contributed by atoms with E-state index >= 15 is 0 Å². The Bertz CT molecular complexity index is 513. The number of ether oxygens (including phenoxy) is 2. The number of hydrogen-bond acceptors (Lipinski definition) is 3. The van der Waals surface area contributed by atoms with Crippen molar-refractivity contribution in [3.8, 4) is 11.5 Å². The van der Waals surface area contributed by atoms with Gasteiger partial charge in [0.15, 0.2) is 0 Å². The molecular formula is C17H21NO2. The van der Waals surface area contributed by atoms with Crippen molar-refractivity contribution in [3.63, 3.8) is 0 Å². The first kappa shape index (κ1) is 14.4. The molecule has 2 aromatic rings. The molecule has 0 aliphatic heterocycles. The highest BCUT2D eigenvalue weighted by atomic mass is 16.5. The van der Waals surface area contributed by atoms with Crippen LogP contribution in [0.1, 0.15) is 18.1 Å². The molecule has 1 unspecified atom stereocenters. The SMILES string of the molecule is CNCCC(Oc1cccc(OC)c1)c1ccccc1. The molecule has 3 nitrogen and oxygen atoms in total. The molecule has 1 N–H and O–H groups in total. The van der Waals surface area contributed by atoms with E-state index < -0.39 is 0 Å². The highest BCUT2D eigenvalue weighted by Crippen LogP contribution is 2.27. The maximum absolute atomic E-state index is 6.13. The van der Waals surface area contributed by atoms with Crippen LogP contribution in [0.2, 0.25) is 0 Å². The molecule has 1 atom stereocenters. The molecule has 0 spiro atoms. The van der Waals surface area contributed by atoms with E-state index in [9.17, 15) is 0 Å². The lowest BCUT2D eigenvalue weighted by atomic mass is 10.1. The summed E-state index contributed by atoms with van der Waals surface area (Å²) < 4.78 is 11.4. The van der Waals surface area contributed by atoms with E-state index in [0.717, 1.165) is 24.5 Å². The first-order valence-corrected chi connectivity index (χ1v) is 6.83. The Morgan fingerprint density at radius 3 is 2.45 bits per heavy atom. The molecule has 2 aromatic carbocycles. The van der Waals surface area contributed by atoms with Crippen LogP contribution in [0.25, 0.3) is 0 Å². The molecule has 0 aromatic heterocycles. The fraction of sp³-hybridized carbons (Fsp3) is 0.294. The van der Waals surface area contributed by atoms with Crippen molar-refractivity contribution in [2.24, 2.45) is 0 Å². The van der Waals surface area contributed by atoms with Gasteiger partial charge in [0, 0.05) is 12.5 Å². The van der Waals surface area contributed by atoms with Crippen molar-refractivity contribution in [3.05, 3.63) is 60.2 Å². The highest BCUT2D eigenvalue weighted by Gasteiger charge is 2.13. The second kappa shape index (κ2) is 7.56. The van der Waals surface area contributed by atoms with Crippen LogP contribution in [0, 0.1) is 0 Å². The first-order chi connectivity index (χ1) is 9.83. The van der Waals surface area contributed by atoms with Crippen LogP contribution in [0.4, 0.5) is 0 Å². The van der Waals surface area contributed by atoms with Crippen LogP contribution < -0.4 is 14.8 Å². The predicted molar refractivity (Wildman–Crippen MR) is 81.3 cm³/mol. The van der Waals surface area contributed by atoms with Gasteiger partial charge in [-0.05, 0) is 31.3 Å². The van der Waals surface area contributed by atoms with Gasteiger partial charge in [-0.15, -0.1) is 0 Å². The third-order valence-corrected chi connectivity index (χ3v) is 3.15. The number of rotatable bonds is 7. The fourth-order valence-corrected chi connectivity index (χ4v) is 2.08. The Kier molecular flexibility index (Phi) is 5.44. The van der Waals surface area contributed by atoms with Crippen molar-refractivity contribution in [1.82, 2.24) is 5.32 Å². The minimum Gasteiger partial charge on any atom is -0.497 e. The average molecular weight is 271 g/mol. The largest absolute Gasteiger partial charge is 0.497 e. The van der Waals surface area contributed by atoms with Gasteiger partial charge in [-0.3, -0.25) is 0 Å². The Hall–Kier alpha value is -2.00. The molecule has 106 valence electrons. The number of benzene rings is 2. The standard InChI is InChI=1S/C17H21NO2/c1-18-12-11-17(14-7-4-3-5-8-14)20-16-10-6-9-15(13-16)19-2/h3-10,13,17-18H,11-12H2,1-2H3. The quantitative estimate of drug-likeness (QED) is 0.837. The lowest BCUT2D eigenvalue weighted by Crippen LogP contribution is -2.16. The van der Waals surface area contributed by atoms with Crippen LogP contribution in [0.3, 0.4) is 0 Å². The van der Waals surface area contributed by atoms with Crippen molar-refractivity contribution < 1.29 is 9.47 Å². The van der Waals surface area contributed by atoms with E-state index in [1.54, 1.807) is 7.11 Å². The Morgan fingerprint density at radius 2 is 1.75 bits per heavy atom. The van der Waals surface area contributed by atoms with Gasteiger partial charge in [-0.25, -0.2) is 0 Å². The summed E-state index contributed by atoms with van der Waals surface area (Å²) in [6.45, 7) is 0.906. The molecule has 0 fully saturated rings. The van der Waals surface area contributed by atoms with E-state index in [-0.39, 0.29) is 6.10 Å². The summed E-state index contributed by atoms with van der Waals surface area (Å²) in [4.78, 5) is 0. The van der Waals surface area contributed by atoms with E-state index in [2.05, 4.69) is 17.4 Å². The molecule has 2 rings (SSSR count). The molecule has 3 heteroatoms. The van der Waals surface area contributed by atoms with Crippen molar-refractivity contribution in [2.45, 2.75) is 12.5 Å². The van der Waals surface area contributed by atoms with E-state index in [0.29, 0.717) is 0 Å². The van der Waals surface area contributed by atoms with Gasteiger partial charge in [0.05, 0.1) is 7.11 Å². The van der Waals surface area contributed by atoms with Crippen LogP contribution in [-0.2, 0) is 0 Å². The van der Waals surface area contributed by atoms with Gasteiger partial charge in [0.25, 0.3) is 0 Å². The zero-order chi connectivity index (χ0) is 14.2. The molecule has 0 saturated carbocycles. The Labute approximate surface area is 120 Å². The monoisotopic (exact) mass is 271 g/mol. The Balaban J connectivity index is 2.14. The molecule has 0 aliphatic rings. The van der Waals surface area contributed by atoms with E-state index in [1.165, 1.54) is 5.56 Å². The lowest BCUT2D eigenvalue weighted by Gasteiger charge is -2.20. The summed E-state index contributed by atoms with van der Waals surface area (Å²) in [5.41, 5.74) is 1.19. The predicted octanol–water partition coefficient (Wildman–Crippen LogP) is 3.42. The number of hydrogen-bond donors (Lipinski definition) is 1. The zero-order valence-electron chi connectivity index (χ0n) is 12.0. The average Bonchev–Trinajstić information content (AvgIpc) is 2.52. The van der Waals surface area contributed by atoms with E-state index in [1.807, 2.05) is 49.5 Å². The molecule has 0 bridgehead atoms. The molecule has 0 aliphatic carbocycles. The zero-order valence-corrected chi connectivity index (χ0v) is 12.0. The number of methoxy groups -OCH3 is 1.